The van der Waals surface area contributed by atoms with E-state index in [9.17, 15) is 9.90 Å². The average molecular weight is 381 g/mol. The van der Waals surface area contributed by atoms with Gasteiger partial charge in [-0.15, -0.1) is 0 Å². The molecular formula is C19H25ClN2O4. The van der Waals surface area contributed by atoms with E-state index in [0.717, 1.165) is 28.8 Å². The first-order valence-electron chi connectivity index (χ1n) is 8.56. The van der Waals surface area contributed by atoms with Gasteiger partial charge in [0.05, 0.1) is 24.9 Å². The molecule has 2 rings (SSSR count). The van der Waals surface area contributed by atoms with Crippen molar-refractivity contribution in [3.63, 3.8) is 0 Å². The molecule has 0 saturated heterocycles. The SMILES string of the molecule is CCCOCc1ccc(COc2cnn(C(C)(C)CO)c(=O)c2Cl)cc1. The van der Waals surface area contributed by atoms with Gasteiger partial charge in [0.25, 0.3) is 5.56 Å². The molecule has 0 radical (unpaired) electrons. The Kier molecular flexibility index (Phi) is 7.20. The summed E-state index contributed by atoms with van der Waals surface area (Å²) in [5.74, 6) is 0.219. The zero-order chi connectivity index (χ0) is 19.2. The highest BCUT2D eigenvalue weighted by Gasteiger charge is 2.24. The summed E-state index contributed by atoms with van der Waals surface area (Å²) in [6, 6.07) is 7.86. The van der Waals surface area contributed by atoms with E-state index in [1.54, 1.807) is 13.8 Å². The number of hydrogen-bond acceptors (Lipinski definition) is 5. The second kappa shape index (κ2) is 9.16. The first kappa shape index (κ1) is 20.4. The van der Waals surface area contributed by atoms with Gasteiger partial charge in [0.15, 0.2) is 10.8 Å². The molecule has 26 heavy (non-hydrogen) atoms. The summed E-state index contributed by atoms with van der Waals surface area (Å²) in [6.07, 6.45) is 2.39. The highest BCUT2D eigenvalue weighted by molar-refractivity contribution is 6.31. The molecule has 0 fully saturated rings. The molecule has 0 aliphatic rings. The highest BCUT2D eigenvalue weighted by atomic mass is 35.5. The van der Waals surface area contributed by atoms with E-state index < -0.39 is 11.1 Å². The smallest absolute Gasteiger partial charge is 0.289 e. The van der Waals surface area contributed by atoms with E-state index >= 15 is 0 Å². The van der Waals surface area contributed by atoms with Crippen LogP contribution in [-0.4, -0.2) is 28.1 Å². The van der Waals surface area contributed by atoms with Crippen LogP contribution in [0.5, 0.6) is 5.75 Å². The maximum atomic E-state index is 12.3. The Balaban J connectivity index is 2.03. The summed E-state index contributed by atoms with van der Waals surface area (Å²) in [6.45, 7) is 6.84. The van der Waals surface area contributed by atoms with E-state index in [-0.39, 0.29) is 24.0 Å². The molecule has 1 N–H and O–H groups in total. The molecule has 0 amide bonds. The number of hydrogen-bond donors (Lipinski definition) is 1. The number of nitrogens with zero attached hydrogens (tertiary/aromatic N) is 2. The Morgan fingerprint density at radius 3 is 2.38 bits per heavy atom. The minimum Gasteiger partial charge on any atom is -0.485 e. The number of aliphatic hydroxyl groups is 1. The standard InChI is InChI=1S/C19H25ClN2O4/c1-4-9-25-11-14-5-7-15(8-6-14)12-26-16-10-21-22(18(24)17(16)20)19(2,3)13-23/h5-8,10,23H,4,9,11-13H2,1-3H3. The highest BCUT2D eigenvalue weighted by Crippen LogP contribution is 2.22. The van der Waals surface area contributed by atoms with Gasteiger partial charge in [-0.25, -0.2) is 4.68 Å². The number of rotatable bonds is 9. The van der Waals surface area contributed by atoms with Gasteiger partial charge in [0, 0.05) is 6.61 Å². The van der Waals surface area contributed by atoms with Crippen molar-refractivity contribution in [2.75, 3.05) is 13.2 Å². The predicted molar refractivity (Wildman–Crippen MR) is 101 cm³/mol. The number of ether oxygens (including phenoxy) is 2. The van der Waals surface area contributed by atoms with Crippen LogP contribution in [0.1, 0.15) is 38.3 Å². The lowest BCUT2D eigenvalue weighted by atomic mass is 10.1. The van der Waals surface area contributed by atoms with Crippen LogP contribution in [0, 0.1) is 0 Å². The summed E-state index contributed by atoms with van der Waals surface area (Å²) in [7, 11) is 0. The van der Waals surface area contributed by atoms with Gasteiger partial charge in [-0.3, -0.25) is 4.79 Å². The fourth-order valence-corrected chi connectivity index (χ4v) is 2.43. The minimum absolute atomic E-state index is 0.0499. The second-order valence-electron chi connectivity index (χ2n) is 6.67. The van der Waals surface area contributed by atoms with E-state index in [4.69, 9.17) is 21.1 Å². The van der Waals surface area contributed by atoms with Crippen molar-refractivity contribution in [1.29, 1.82) is 0 Å². The Morgan fingerprint density at radius 2 is 1.81 bits per heavy atom. The molecule has 7 heteroatoms. The molecular weight excluding hydrogens is 356 g/mol. The third kappa shape index (κ3) is 5.06. The third-order valence-corrected chi connectivity index (χ3v) is 4.23. The summed E-state index contributed by atoms with van der Waals surface area (Å²) in [5.41, 5.74) is 0.706. The van der Waals surface area contributed by atoms with Crippen molar-refractivity contribution < 1.29 is 14.6 Å². The zero-order valence-corrected chi connectivity index (χ0v) is 16.1. The fraction of sp³-hybridized carbons (Fsp3) is 0.474. The summed E-state index contributed by atoms with van der Waals surface area (Å²) >= 11 is 6.13. The van der Waals surface area contributed by atoms with Crippen LogP contribution >= 0.6 is 11.6 Å². The van der Waals surface area contributed by atoms with Crippen LogP contribution < -0.4 is 10.3 Å². The molecule has 142 valence electrons. The van der Waals surface area contributed by atoms with Crippen LogP contribution in [0.4, 0.5) is 0 Å². The molecule has 1 aromatic heterocycles. The number of halogens is 1. The molecule has 0 spiro atoms. The van der Waals surface area contributed by atoms with Crippen LogP contribution in [0.3, 0.4) is 0 Å². The Labute approximate surface area is 158 Å². The van der Waals surface area contributed by atoms with Crippen LogP contribution in [0.2, 0.25) is 5.02 Å². The number of benzene rings is 1. The molecule has 0 aliphatic carbocycles. The lowest BCUT2D eigenvalue weighted by Gasteiger charge is -2.23. The van der Waals surface area contributed by atoms with Crippen LogP contribution in [0.15, 0.2) is 35.3 Å². The van der Waals surface area contributed by atoms with Gasteiger partial charge in [0.1, 0.15) is 6.61 Å². The summed E-state index contributed by atoms with van der Waals surface area (Å²) < 4.78 is 12.3. The molecule has 0 saturated carbocycles. The summed E-state index contributed by atoms with van der Waals surface area (Å²) in [4.78, 5) is 12.3. The zero-order valence-electron chi connectivity index (χ0n) is 15.4. The van der Waals surface area contributed by atoms with Gasteiger partial charge in [-0.1, -0.05) is 42.8 Å². The van der Waals surface area contributed by atoms with Crippen molar-refractivity contribution in [2.45, 2.75) is 45.9 Å². The van der Waals surface area contributed by atoms with Crippen LogP contribution in [0.25, 0.3) is 0 Å². The molecule has 6 nitrogen and oxygen atoms in total. The Bertz CT molecular complexity index is 772. The molecule has 1 heterocycles. The fourth-order valence-electron chi connectivity index (χ4n) is 2.24. The quantitative estimate of drug-likeness (QED) is 0.676. The molecule has 2 aromatic rings. The second-order valence-corrected chi connectivity index (χ2v) is 7.05. The average Bonchev–Trinajstić information content (AvgIpc) is 2.64. The Hall–Kier alpha value is -1.89. The maximum Gasteiger partial charge on any atom is 0.289 e. The van der Waals surface area contributed by atoms with Crippen molar-refractivity contribution in [3.05, 3.63) is 57.0 Å². The third-order valence-electron chi connectivity index (χ3n) is 3.88. The van der Waals surface area contributed by atoms with Gasteiger partial charge in [-0.2, -0.15) is 5.10 Å². The molecule has 0 bridgehead atoms. The maximum absolute atomic E-state index is 12.3. The predicted octanol–water partition coefficient (Wildman–Crippen LogP) is 3.13. The lowest BCUT2D eigenvalue weighted by Crippen LogP contribution is -2.41. The molecule has 0 aliphatic heterocycles. The first-order valence-corrected chi connectivity index (χ1v) is 8.94. The Morgan fingerprint density at radius 1 is 1.19 bits per heavy atom. The summed E-state index contributed by atoms with van der Waals surface area (Å²) in [5, 5.41) is 13.4. The van der Waals surface area contributed by atoms with Crippen LogP contribution in [-0.2, 0) is 23.5 Å². The van der Waals surface area contributed by atoms with Crippen molar-refractivity contribution in [3.8, 4) is 5.75 Å². The largest absolute Gasteiger partial charge is 0.485 e. The van der Waals surface area contributed by atoms with E-state index in [2.05, 4.69) is 12.0 Å². The van der Waals surface area contributed by atoms with Crippen molar-refractivity contribution in [1.82, 2.24) is 9.78 Å². The first-order chi connectivity index (χ1) is 12.4. The molecule has 1 aromatic carbocycles. The van der Waals surface area contributed by atoms with Gasteiger partial charge >= 0.3 is 0 Å². The van der Waals surface area contributed by atoms with E-state index in [1.165, 1.54) is 6.20 Å². The minimum atomic E-state index is -0.838. The normalized spacial score (nSPS) is 11.6. The topological polar surface area (TPSA) is 73.6 Å². The number of aromatic nitrogens is 2. The van der Waals surface area contributed by atoms with Gasteiger partial charge in [-0.05, 0) is 31.4 Å². The van der Waals surface area contributed by atoms with Crippen molar-refractivity contribution in [2.24, 2.45) is 0 Å². The van der Waals surface area contributed by atoms with E-state index in [1.807, 2.05) is 24.3 Å². The lowest BCUT2D eigenvalue weighted by molar-refractivity contribution is 0.121. The van der Waals surface area contributed by atoms with E-state index in [0.29, 0.717) is 6.61 Å². The number of aliphatic hydroxyl groups excluding tert-OH is 1. The van der Waals surface area contributed by atoms with Crippen molar-refractivity contribution >= 4 is 11.6 Å². The monoisotopic (exact) mass is 380 g/mol. The van der Waals surface area contributed by atoms with Gasteiger partial charge in [0.2, 0.25) is 0 Å². The molecule has 0 atom stereocenters. The van der Waals surface area contributed by atoms with Gasteiger partial charge < -0.3 is 14.6 Å². The molecule has 0 unspecified atom stereocenters.